The van der Waals surface area contributed by atoms with Crippen LogP contribution in [0.4, 0.5) is 5.69 Å². The summed E-state index contributed by atoms with van der Waals surface area (Å²) in [5.74, 6) is 1.62. The average molecular weight is 267 g/mol. The van der Waals surface area contributed by atoms with Gasteiger partial charge in [-0.15, -0.1) is 0 Å². The maximum Gasteiger partial charge on any atom is 0.141 e. The Labute approximate surface area is 120 Å². The summed E-state index contributed by atoms with van der Waals surface area (Å²) in [5.41, 5.74) is 3.93. The van der Waals surface area contributed by atoms with E-state index in [1.54, 1.807) is 7.11 Å². The van der Waals surface area contributed by atoms with Gasteiger partial charge >= 0.3 is 0 Å². The van der Waals surface area contributed by atoms with Crippen molar-refractivity contribution in [3.63, 3.8) is 0 Å². The highest BCUT2D eigenvalue weighted by atomic mass is 16.5. The molecular weight excluding hydrogens is 246 g/mol. The molecule has 1 fully saturated rings. The number of anilines is 1. The largest absolute Gasteiger partial charge is 0.495 e. The van der Waals surface area contributed by atoms with Crippen molar-refractivity contribution in [3.8, 4) is 5.75 Å². The number of hydrogen-bond acceptors (Lipinski definition) is 2. The number of para-hydroxylation sites is 2. The first kappa shape index (κ1) is 13.0. The molecule has 0 unspecified atom stereocenters. The molecule has 1 aliphatic rings. The van der Waals surface area contributed by atoms with Gasteiger partial charge in [0.25, 0.3) is 0 Å². The topological polar surface area (TPSA) is 21.3 Å². The van der Waals surface area contributed by atoms with Gasteiger partial charge in [-0.25, -0.2) is 0 Å². The zero-order valence-corrected chi connectivity index (χ0v) is 12.1. The Balaban J connectivity index is 1.61. The van der Waals surface area contributed by atoms with Crippen molar-refractivity contribution >= 4 is 5.69 Å². The lowest BCUT2D eigenvalue weighted by Crippen LogP contribution is -2.34. The van der Waals surface area contributed by atoms with E-state index in [1.807, 2.05) is 18.2 Å². The van der Waals surface area contributed by atoms with E-state index in [0.717, 1.165) is 11.4 Å². The van der Waals surface area contributed by atoms with Crippen LogP contribution in [0.25, 0.3) is 0 Å². The molecular formula is C18H21NO. The van der Waals surface area contributed by atoms with Gasteiger partial charge in [-0.1, -0.05) is 42.0 Å². The molecule has 0 saturated heterocycles. The van der Waals surface area contributed by atoms with Crippen LogP contribution in [0.5, 0.6) is 5.75 Å². The van der Waals surface area contributed by atoms with Crippen LogP contribution in [-0.2, 0) is 0 Å². The lowest BCUT2D eigenvalue weighted by Gasteiger charge is -2.37. The van der Waals surface area contributed by atoms with Gasteiger partial charge < -0.3 is 10.1 Å². The highest BCUT2D eigenvalue weighted by Crippen LogP contribution is 2.39. The fourth-order valence-electron chi connectivity index (χ4n) is 2.92. The lowest BCUT2D eigenvalue weighted by atomic mass is 9.75. The summed E-state index contributed by atoms with van der Waals surface area (Å²) in [4.78, 5) is 0. The van der Waals surface area contributed by atoms with Crippen molar-refractivity contribution in [2.75, 3.05) is 12.4 Å². The molecule has 2 aromatic rings. The molecule has 0 amide bonds. The molecule has 0 heterocycles. The second-order valence-corrected chi connectivity index (χ2v) is 5.62. The number of rotatable bonds is 4. The Bertz CT molecular complexity index is 587. The van der Waals surface area contributed by atoms with E-state index in [9.17, 15) is 0 Å². The summed E-state index contributed by atoms with van der Waals surface area (Å²) in [5, 5.41) is 3.59. The van der Waals surface area contributed by atoms with Crippen LogP contribution in [0, 0.1) is 6.92 Å². The van der Waals surface area contributed by atoms with Crippen LogP contribution in [-0.4, -0.2) is 13.2 Å². The van der Waals surface area contributed by atoms with Crippen molar-refractivity contribution in [1.82, 2.24) is 0 Å². The maximum atomic E-state index is 5.38. The summed E-state index contributed by atoms with van der Waals surface area (Å²) < 4.78 is 5.38. The minimum atomic E-state index is 0.553. The highest BCUT2D eigenvalue weighted by Gasteiger charge is 2.30. The molecule has 1 N–H and O–H groups in total. The Morgan fingerprint density at radius 3 is 2.60 bits per heavy atom. The number of methoxy groups -OCH3 is 1. The summed E-state index contributed by atoms with van der Waals surface area (Å²) in [6, 6.07) is 17.6. The molecule has 0 spiro atoms. The summed E-state index contributed by atoms with van der Waals surface area (Å²) in [7, 11) is 1.72. The van der Waals surface area contributed by atoms with Crippen molar-refractivity contribution in [2.45, 2.75) is 31.7 Å². The molecule has 0 bridgehead atoms. The van der Waals surface area contributed by atoms with Crippen LogP contribution in [0.1, 0.15) is 29.9 Å². The normalized spacial score (nSPS) is 21.1. The van der Waals surface area contributed by atoms with E-state index < -0.39 is 0 Å². The van der Waals surface area contributed by atoms with E-state index in [-0.39, 0.29) is 0 Å². The van der Waals surface area contributed by atoms with Gasteiger partial charge in [0, 0.05) is 6.04 Å². The van der Waals surface area contributed by atoms with Gasteiger partial charge in [0.1, 0.15) is 5.75 Å². The van der Waals surface area contributed by atoms with E-state index in [0.29, 0.717) is 12.0 Å². The van der Waals surface area contributed by atoms with Crippen LogP contribution in [0.15, 0.2) is 48.5 Å². The molecule has 3 rings (SSSR count). The van der Waals surface area contributed by atoms with Crippen molar-refractivity contribution in [1.29, 1.82) is 0 Å². The predicted molar refractivity (Wildman–Crippen MR) is 83.6 cm³/mol. The molecule has 0 radical (unpaired) electrons. The van der Waals surface area contributed by atoms with Crippen molar-refractivity contribution in [3.05, 3.63) is 59.7 Å². The minimum Gasteiger partial charge on any atom is -0.495 e. The molecule has 104 valence electrons. The van der Waals surface area contributed by atoms with E-state index in [2.05, 4.69) is 42.6 Å². The van der Waals surface area contributed by atoms with Crippen LogP contribution in [0.2, 0.25) is 0 Å². The number of hydrogen-bond donors (Lipinski definition) is 1. The van der Waals surface area contributed by atoms with Gasteiger partial charge in [0.2, 0.25) is 0 Å². The molecule has 2 nitrogen and oxygen atoms in total. The summed E-state index contributed by atoms with van der Waals surface area (Å²) >= 11 is 0. The smallest absolute Gasteiger partial charge is 0.141 e. The monoisotopic (exact) mass is 267 g/mol. The van der Waals surface area contributed by atoms with E-state index >= 15 is 0 Å². The molecule has 20 heavy (non-hydrogen) atoms. The molecule has 0 aliphatic heterocycles. The standard InChI is InChI=1S/C18H21NO/c1-13-6-5-7-14(10-13)15-11-16(12-15)19-17-8-3-4-9-18(17)20-2/h3-10,15-16,19H,11-12H2,1-2H3. The third-order valence-corrected chi connectivity index (χ3v) is 4.12. The summed E-state index contributed by atoms with van der Waals surface area (Å²) in [6.45, 7) is 2.16. The fourth-order valence-corrected chi connectivity index (χ4v) is 2.92. The molecule has 2 heteroatoms. The van der Waals surface area contributed by atoms with E-state index in [4.69, 9.17) is 4.74 Å². The Morgan fingerprint density at radius 1 is 1.05 bits per heavy atom. The quantitative estimate of drug-likeness (QED) is 0.888. The zero-order chi connectivity index (χ0) is 13.9. The van der Waals surface area contributed by atoms with Gasteiger partial charge in [-0.05, 0) is 43.4 Å². The fraction of sp³-hybridized carbons (Fsp3) is 0.333. The van der Waals surface area contributed by atoms with Gasteiger partial charge in [0.05, 0.1) is 12.8 Å². The molecule has 1 aliphatic carbocycles. The molecule has 2 aromatic carbocycles. The number of ether oxygens (including phenoxy) is 1. The predicted octanol–water partition coefficient (Wildman–Crippen LogP) is 4.36. The molecule has 1 saturated carbocycles. The first-order valence-electron chi connectivity index (χ1n) is 7.22. The van der Waals surface area contributed by atoms with Crippen LogP contribution < -0.4 is 10.1 Å². The first-order valence-corrected chi connectivity index (χ1v) is 7.22. The first-order chi connectivity index (χ1) is 9.76. The molecule has 0 aromatic heterocycles. The SMILES string of the molecule is COc1ccccc1NC1CC(c2cccc(C)c2)C1. The lowest BCUT2D eigenvalue weighted by molar-refractivity contribution is 0.370. The summed E-state index contributed by atoms with van der Waals surface area (Å²) in [6.07, 6.45) is 2.39. The second kappa shape index (κ2) is 5.58. The zero-order valence-electron chi connectivity index (χ0n) is 12.1. The third kappa shape index (κ3) is 2.64. The van der Waals surface area contributed by atoms with Crippen molar-refractivity contribution in [2.24, 2.45) is 0 Å². The minimum absolute atomic E-state index is 0.553. The third-order valence-electron chi connectivity index (χ3n) is 4.12. The van der Waals surface area contributed by atoms with Gasteiger partial charge in [-0.3, -0.25) is 0 Å². The van der Waals surface area contributed by atoms with Gasteiger partial charge in [-0.2, -0.15) is 0 Å². The van der Waals surface area contributed by atoms with Gasteiger partial charge in [0.15, 0.2) is 0 Å². The Hall–Kier alpha value is -1.96. The average Bonchev–Trinajstić information content (AvgIpc) is 2.42. The molecule has 0 atom stereocenters. The van der Waals surface area contributed by atoms with Crippen LogP contribution >= 0.6 is 0 Å². The maximum absolute atomic E-state index is 5.38. The Kier molecular flexibility index (Phi) is 3.64. The number of aryl methyl sites for hydroxylation is 1. The number of benzene rings is 2. The van der Waals surface area contributed by atoms with E-state index in [1.165, 1.54) is 24.0 Å². The Morgan fingerprint density at radius 2 is 1.85 bits per heavy atom. The highest BCUT2D eigenvalue weighted by molar-refractivity contribution is 5.57. The van der Waals surface area contributed by atoms with Crippen molar-refractivity contribution < 1.29 is 4.74 Å². The number of nitrogens with one attached hydrogen (secondary N) is 1. The second-order valence-electron chi connectivity index (χ2n) is 5.62. The van der Waals surface area contributed by atoms with Crippen LogP contribution in [0.3, 0.4) is 0 Å².